The lowest BCUT2D eigenvalue weighted by Gasteiger charge is -2.25. The van der Waals surface area contributed by atoms with Crippen LogP contribution in [0, 0.1) is 0 Å². The van der Waals surface area contributed by atoms with Gasteiger partial charge in [-0.05, 0) is 43.3 Å². The lowest BCUT2D eigenvalue weighted by atomic mass is 10.1. The van der Waals surface area contributed by atoms with Gasteiger partial charge in [-0.1, -0.05) is 29.4 Å². The van der Waals surface area contributed by atoms with Gasteiger partial charge in [-0.25, -0.2) is 0 Å². The fraction of sp³-hybridized carbons (Fsp3) is 0.235. The smallest absolute Gasteiger partial charge is 0.373 e. The summed E-state index contributed by atoms with van der Waals surface area (Å²) >= 11 is 6.88. The van der Waals surface area contributed by atoms with Crippen LogP contribution in [0.4, 0.5) is 32.0 Å². The van der Waals surface area contributed by atoms with Crippen LogP contribution in [-0.4, -0.2) is 22.8 Å². The van der Waals surface area contributed by atoms with Gasteiger partial charge in [0.25, 0.3) is 5.91 Å². The first-order valence-electron chi connectivity index (χ1n) is 7.47. The second-order valence-electron chi connectivity index (χ2n) is 5.79. The normalized spacial score (nSPS) is 14.5. The van der Waals surface area contributed by atoms with Crippen LogP contribution in [-0.2, 0) is 11.0 Å². The van der Waals surface area contributed by atoms with Gasteiger partial charge in [0, 0.05) is 9.79 Å². The van der Waals surface area contributed by atoms with E-state index in [1.165, 1.54) is 30.3 Å². The summed E-state index contributed by atoms with van der Waals surface area (Å²) in [5.41, 5.74) is -4.65. The molecule has 0 heterocycles. The van der Waals surface area contributed by atoms with Crippen molar-refractivity contribution < 1.29 is 36.2 Å². The van der Waals surface area contributed by atoms with Crippen molar-refractivity contribution >= 4 is 35.0 Å². The molecule has 11 heteroatoms. The Kier molecular flexibility index (Phi) is 6.27. The van der Waals surface area contributed by atoms with Crippen LogP contribution in [0.15, 0.2) is 52.3 Å². The molecule has 3 nitrogen and oxygen atoms in total. The van der Waals surface area contributed by atoms with Crippen molar-refractivity contribution in [2.45, 2.75) is 34.7 Å². The minimum absolute atomic E-state index is 0.150. The topological polar surface area (TPSA) is 49.3 Å². The van der Waals surface area contributed by atoms with Gasteiger partial charge in [-0.3, -0.25) is 4.79 Å². The SMILES string of the molecule is CC(O)(C(=O)Nc1ccc(Sc2cccc(C(F)(F)F)c2)cc1Cl)C(F)(F)F. The number of aliphatic hydroxyl groups is 1. The van der Waals surface area contributed by atoms with Crippen molar-refractivity contribution in [1.82, 2.24) is 0 Å². The van der Waals surface area contributed by atoms with Gasteiger partial charge < -0.3 is 10.4 Å². The third kappa shape index (κ3) is 5.12. The first-order chi connectivity index (χ1) is 12.7. The second kappa shape index (κ2) is 7.84. The Labute approximate surface area is 164 Å². The molecular formula is C17H12ClF6NO2S. The van der Waals surface area contributed by atoms with E-state index in [1.807, 2.05) is 5.32 Å². The monoisotopic (exact) mass is 443 g/mol. The van der Waals surface area contributed by atoms with Gasteiger partial charge in [0.15, 0.2) is 0 Å². The van der Waals surface area contributed by atoms with E-state index in [2.05, 4.69) is 0 Å². The zero-order valence-electron chi connectivity index (χ0n) is 14.0. The van der Waals surface area contributed by atoms with E-state index in [1.54, 1.807) is 0 Å². The number of carbonyl (C=O) groups is 1. The first kappa shape index (κ1) is 22.4. The third-order valence-corrected chi connectivity index (χ3v) is 4.87. The molecule has 0 radical (unpaired) electrons. The van der Waals surface area contributed by atoms with Gasteiger partial charge in [-0.2, -0.15) is 26.3 Å². The summed E-state index contributed by atoms with van der Waals surface area (Å²) < 4.78 is 76.3. The number of nitrogens with one attached hydrogen (secondary N) is 1. The molecule has 152 valence electrons. The number of benzene rings is 2. The van der Waals surface area contributed by atoms with Gasteiger partial charge in [-0.15, -0.1) is 0 Å². The number of alkyl halides is 6. The van der Waals surface area contributed by atoms with Crippen molar-refractivity contribution in [3.05, 3.63) is 53.1 Å². The maximum absolute atomic E-state index is 12.8. The standard InChI is InChI=1S/C17H12ClF6NO2S/c1-15(27,17(22,23)24)14(26)25-13-6-5-11(8-12(13)18)28-10-4-2-3-9(7-10)16(19,20)21/h2-8,27H,1H3,(H,25,26). The van der Waals surface area contributed by atoms with Crippen molar-refractivity contribution in [3.63, 3.8) is 0 Å². The predicted octanol–water partition coefficient (Wildman–Crippen LogP) is 5.76. The molecule has 0 aliphatic heterocycles. The average molecular weight is 444 g/mol. The summed E-state index contributed by atoms with van der Waals surface area (Å²) in [6.45, 7) is 0.300. The van der Waals surface area contributed by atoms with Gasteiger partial charge in [0.1, 0.15) is 0 Å². The quantitative estimate of drug-likeness (QED) is 0.590. The Morgan fingerprint density at radius 3 is 2.18 bits per heavy atom. The lowest BCUT2D eigenvalue weighted by molar-refractivity contribution is -0.242. The minimum Gasteiger partial charge on any atom is -0.373 e. The summed E-state index contributed by atoms with van der Waals surface area (Å²) in [5, 5.41) is 11.1. The van der Waals surface area contributed by atoms with Crippen LogP contribution in [0.1, 0.15) is 12.5 Å². The summed E-state index contributed by atoms with van der Waals surface area (Å²) in [6.07, 6.45) is -9.69. The summed E-state index contributed by atoms with van der Waals surface area (Å²) in [7, 11) is 0. The number of anilines is 1. The Hall–Kier alpha value is -1.91. The molecule has 1 atom stereocenters. The summed E-state index contributed by atoms with van der Waals surface area (Å²) in [6, 6.07) is 8.35. The highest BCUT2D eigenvalue weighted by atomic mass is 35.5. The lowest BCUT2D eigenvalue weighted by Crippen LogP contribution is -2.52. The molecule has 0 aliphatic rings. The van der Waals surface area contributed by atoms with E-state index < -0.39 is 29.4 Å². The molecule has 0 saturated carbocycles. The molecule has 0 aliphatic carbocycles. The third-order valence-electron chi connectivity index (χ3n) is 3.58. The van der Waals surface area contributed by atoms with Crippen LogP contribution in [0.5, 0.6) is 0 Å². The molecule has 28 heavy (non-hydrogen) atoms. The first-order valence-corrected chi connectivity index (χ1v) is 8.66. The van der Waals surface area contributed by atoms with Crippen molar-refractivity contribution in [2.24, 2.45) is 0 Å². The average Bonchev–Trinajstić information content (AvgIpc) is 2.55. The Morgan fingerprint density at radius 2 is 1.64 bits per heavy atom. The molecule has 0 saturated heterocycles. The van der Waals surface area contributed by atoms with E-state index in [0.29, 0.717) is 11.8 Å². The fourth-order valence-corrected chi connectivity index (χ4v) is 3.12. The molecule has 2 N–H and O–H groups in total. The maximum Gasteiger partial charge on any atom is 0.426 e. The highest BCUT2D eigenvalue weighted by molar-refractivity contribution is 7.99. The molecule has 2 rings (SSSR count). The Bertz CT molecular complexity index is 883. The fourth-order valence-electron chi connectivity index (χ4n) is 1.91. The van der Waals surface area contributed by atoms with Gasteiger partial charge >= 0.3 is 12.4 Å². The zero-order valence-corrected chi connectivity index (χ0v) is 15.5. The van der Waals surface area contributed by atoms with Crippen LogP contribution in [0.25, 0.3) is 0 Å². The van der Waals surface area contributed by atoms with E-state index in [4.69, 9.17) is 11.6 Å². The Morgan fingerprint density at radius 1 is 1.04 bits per heavy atom. The zero-order chi connectivity index (χ0) is 21.3. The number of carbonyl (C=O) groups excluding carboxylic acids is 1. The summed E-state index contributed by atoms with van der Waals surface area (Å²) in [4.78, 5) is 12.3. The van der Waals surface area contributed by atoms with Crippen LogP contribution in [0.2, 0.25) is 5.02 Å². The molecule has 0 aromatic heterocycles. The van der Waals surface area contributed by atoms with E-state index in [-0.39, 0.29) is 15.6 Å². The van der Waals surface area contributed by atoms with E-state index in [9.17, 15) is 36.2 Å². The Balaban J connectivity index is 2.18. The molecular weight excluding hydrogens is 432 g/mol. The van der Waals surface area contributed by atoms with Gasteiger partial charge in [0.05, 0.1) is 16.3 Å². The number of hydrogen-bond acceptors (Lipinski definition) is 3. The molecule has 0 spiro atoms. The van der Waals surface area contributed by atoms with Gasteiger partial charge in [0.2, 0.25) is 5.60 Å². The number of rotatable bonds is 4. The largest absolute Gasteiger partial charge is 0.426 e. The number of hydrogen-bond donors (Lipinski definition) is 2. The molecule has 0 fully saturated rings. The number of amides is 1. The maximum atomic E-state index is 12.8. The molecule has 1 amide bonds. The van der Waals surface area contributed by atoms with E-state index in [0.717, 1.165) is 23.9 Å². The highest BCUT2D eigenvalue weighted by Crippen LogP contribution is 2.37. The van der Waals surface area contributed by atoms with Crippen LogP contribution in [0.3, 0.4) is 0 Å². The minimum atomic E-state index is -5.19. The van der Waals surface area contributed by atoms with Crippen molar-refractivity contribution in [2.75, 3.05) is 5.32 Å². The summed E-state index contributed by atoms with van der Waals surface area (Å²) in [5.74, 6) is -1.72. The molecule has 2 aromatic rings. The van der Waals surface area contributed by atoms with E-state index >= 15 is 0 Å². The van der Waals surface area contributed by atoms with Crippen molar-refractivity contribution in [3.8, 4) is 0 Å². The predicted molar refractivity (Wildman–Crippen MR) is 92.3 cm³/mol. The molecule has 0 bridgehead atoms. The highest BCUT2D eigenvalue weighted by Gasteiger charge is 2.55. The van der Waals surface area contributed by atoms with Crippen LogP contribution < -0.4 is 5.32 Å². The van der Waals surface area contributed by atoms with Crippen molar-refractivity contribution in [1.29, 1.82) is 0 Å². The molecule has 2 aromatic carbocycles. The number of halogens is 7. The molecule has 1 unspecified atom stereocenters. The van der Waals surface area contributed by atoms with Crippen LogP contribution >= 0.6 is 23.4 Å². The second-order valence-corrected chi connectivity index (χ2v) is 7.35.